The van der Waals surface area contributed by atoms with E-state index in [1.54, 1.807) is 0 Å². The van der Waals surface area contributed by atoms with Gasteiger partial charge in [0, 0.05) is 17.5 Å². The molecule has 0 fully saturated rings. The van der Waals surface area contributed by atoms with Crippen LogP contribution in [0.4, 0.5) is 5.69 Å². The smallest absolute Gasteiger partial charge is 0.228 e. The van der Waals surface area contributed by atoms with E-state index in [1.165, 1.54) is 27.8 Å². The Bertz CT molecular complexity index is 1020. The van der Waals surface area contributed by atoms with Crippen molar-refractivity contribution in [2.45, 2.75) is 32.6 Å². The summed E-state index contributed by atoms with van der Waals surface area (Å²) in [5.41, 5.74) is 7.56. The summed E-state index contributed by atoms with van der Waals surface area (Å²) in [6, 6.07) is 25.6. The van der Waals surface area contributed by atoms with Gasteiger partial charge in [0.2, 0.25) is 5.91 Å². The van der Waals surface area contributed by atoms with E-state index in [4.69, 9.17) is 0 Å². The van der Waals surface area contributed by atoms with Crippen LogP contribution < -0.4 is 5.32 Å². The van der Waals surface area contributed by atoms with E-state index in [-0.39, 0.29) is 29.6 Å². The zero-order valence-corrected chi connectivity index (χ0v) is 17.2. The third-order valence-electron chi connectivity index (χ3n) is 6.88. The molecule has 3 aromatic rings. The molecule has 2 nitrogen and oxygen atoms in total. The third-order valence-corrected chi connectivity index (χ3v) is 6.88. The van der Waals surface area contributed by atoms with E-state index in [9.17, 15) is 4.79 Å². The molecular formula is C27H27NO. The van der Waals surface area contributed by atoms with E-state index in [0.29, 0.717) is 5.92 Å². The van der Waals surface area contributed by atoms with Gasteiger partial charge in [-0.05, 0) is 53.1 Å². The number of amides is 1. The van der Waals surface area contributed by atoms with Crippen molar-refractivity contribution in [3.8, 4) is 0 Å². The number of carbonyl (C=O) groups is 1. The lowest BCUT2D eigenvalue weighted by Gasteiger charge is -2.51. The molecule has 6 rings (SSSR count). The summed E-state index contributed by atoms with van der Waals surface area (Å²) in [4.78, 5) is 13.7. The first-order valence-corrected chi connectivity index (χ1v) is 10.6. The lowest BCUT2D eigenvalue weighted by molar-refractivity contribution is -0.123. The SMILES string of the molecule is Cc1ccc(NC(=O)[C@@H]2C3c4ccccc4C(c4ccccc43)[C@@H]2C(C)C)cc1. The zero-order chi connectivity index (χ0) is 20.1. The Morgan fingerprint density at radius 1 is 0.759 bits per heavy atom. The highest BCUT2D eigenvalue weighted by Gasteiger charge is 2.53. The average Bonchev–Trinajstić information content (AvgIpc) is 2.74. The molecule has 0 aliphatic heterocycles. The fraction of sp³-hybridized carbons (Fsp3) is 0.296. The van der Waals surface area contributed by atoms with E-state index in [1.807, 2.05) is 24.3 Å². The van der Waals surface area contributed by atoms with Gasteiger partial charge in [-0.1, -0.05) is 80.1 Å². The Morgan fingerprint density at radius 2 is 1.24 bits per heavy atom. The van der Waals surface area contributed by atoms with Crippen LogP contribution in [-0.4, -0.2) is 5.91 Å². The highest BCUT2D eigenvalue weighted by atomic mass is 16.1. The summed E-state index contributed by atoms with van der Waals surface area (Å²) in [5, 5.41) is 3.23. The van der Waals surface area contributed by atoms with Crippen LogP contribution in [0.25, 0.3) is 0 Å². The van der Waals surface area contributed by atoms with Crippen molar-refractivity contribution in [2.24, 2.45) is 17.8 Å². The van der Waals surface area contributed by atoms with E-state index < -0.39 is 0 Å². The number of rotatable bonds is 3. The number of carbonyl (C=O) groups excluding carboxylic acids is 1. The van der Waals surface area contributed by atoms with E-state index >= 15 is 0 Å². The molecule has 3 aromatic carbocycles. The molecule has 0 aromatic heterocycles. The number of nitrogens with one attached hydrogen (secondary N) is 1. The van der Waals surface area contributed by atoms with Crippen molar-refractivity contribution >= 4 is 11.6 Å². The fourth-order valence-electron chi connectivity index (χ4n) is 5.71. The van der Waals surface area contributed by atoms with Gasteiger partial charge >= 0.3 is 0 Å². The molecule has 0 spiro atoms. The number of hydrogen-bond donors (Lipinski definition) is 1. The molecule has 0 saturated heterocycles. The summed E-state index contributed by atoms with van der Waals surface area (Å²) in [7, 11) is 0. The molecule has 0 saturated carbocycles. The lowest BCUT2D eigenvalue weighted by atomic mass is 9.52. The van der Waals surface area contributed by atoms with Crippen molar-refractivity contribution < 1.29 is 4.79 Å². The van der Waals surface area contributed by atoms with Crippen LogP contribution >= 0.6 is 0 Å². The van der Waals surface area contributed by atoms with Crippen LogP contribution in [0, 0.1) is 24.7 Å². The first kappa shape index (κ1) is 18.2. The van der Waals surface area contributed by atoms with Crippen molar-refractivity contribution in [3.05, 3.63) is 101 Å². The molecule has 3 aliphatic carbocycles. The fourth-order valence-corrected chi connectivity index (χ4v) is 5.71. The van der Waals surface area contributed by atoms with E-state index in [0.717, 1.165) is 5.69 Å². The highest BCUT2D eigenvalue weighted by molar-refractivity contribution is 5.95. The second kappa shape index (κ2) is 6.88. The van der Waals surface area contributed by atoms with Crippen molar-refractivity contribution in [1.29, 1.82) is 0 Å². The highest BCUT2D eigenvalue weighted by Crippen LogP contribution is 2.60. The van der Waals surface area contributed by atoms with Crippen molar-refractivity contribution in [3.63, 3.8) is 0 Å². The monoisotopic (exact) mass is 381 g/mol. The van der Waals surface area contributed by atoms with Gasteiger partial charge < -0.3 is 5.32 Å². The minimum absolute atomic E-state index is 0.0638. The quantitative estimate of drug-likeness (QED) is 0.582. The van der Waals surface area contributed by atoms with Crippen LogP contribution in [0.15, 0.2) is 72.8 Å². The first-order chi connectivity index (χ1) is 14.1. The van der Waals surface area contributed by atoms with Crippen LogP contribution in [0.1, 0.15) is 53.5 Å². The minimum Gasteiger partial charge on any atom is -0.326 e. The number of aryl methyl sites for hydroxylation is 1. The van der Waals surface area contributed by atoms with Gasteiger partial charge in [-0.2, -0.15) is 0 Å². The Labute approximate surface area is 173 Å². The standard InChI is InChI=1S/C27H27NO/c1-16(2)23-24-19-8-4-6-10-21(19)25(22-11-7-5-9-20(22)24)26(23)27(29)28-18-14-12-17(3)13-15-18/h4-16,23-26H,1-3H3,(H,28,29)/t23-,24?,25?,26-/m0/s1. The Kier molecular flexibility index (Phi) is 4.31. The number of hydrogen-bond acceptors (Lipinski definition) is 1. The number of benzene rings is 3. The Morgan fingerprint density at radius 3 is 1.72 bits per heavy atom. The third kappa shape index (κ3) is 2.81. The summed E-state index contributed by atoms with van der Waals surface area (Å²) in [5.74, 6) is 1.18. The van der Waals surface area contributed by atoms with Crippen molar-refractivity contribution in [2.75, 3.05) is 5.32 Å². The maximum Gasteiger partial charge on any atom is 0.228 e. The minimum atomic E-state index is -0.0638. The molecule has 1 N–H and O–H groups in total. The molecular weight excluding hydrogens is 354 g/mol. The average molecular weight is 382 g/mol. The number of fused-ring (bicyclic) bond motifs is 1. The van der Waals surface area contributed by atoms with Crippen LogP contribution in [0.5, 0.6) is 0 Å². The predicted octanol–water partition coefficient (Wildman–Crippen LogP) is 6.11. The zero-order valence-electron chi connectivity index (χ0n) is 17.2. The van der Waals surface area contributed by atoms with Gasteiger partial charge in [0.15, 0.2) is 0 Å². The Hall–Kier alpha value is -2.87. The summed E-state index contributed by atoms with van der Waals surface area (Å²) in [6.45, 7) is 6.60. The van der Waals surface area contributed by atoms with Gasteiger partial charge in [0.05, 0.1) is 5.92 Å². The molecule has 2 atom stereocenters. The molecule has 3 aliphatic rings. The van der Waals surface area contributed by atoms with Gasteiger partial charge in [0.25, 0.3) is 0 Å². The topological polar surface area (TPSA) is 29.1 Å². The first-order valence-electron chi connectivity index (χ1n) is 10.6. The van der Waals surface area contributed by atoms with Gasteiger partial charge in [-0.3, -0.25) is 4.79 Å². The Balaban J connectivity index is 1.63. The van der Waals surface area contributed by atoms with Gasteiger partial charge in [-0.25, -0.2) is 0 Å². The molecule has 2 heteroatoms. The van der Waals surface area contributed by atoms with E-state index in [2.05, 4.69) is 74.6 Å². The molecule has 29 heavy (non-hydrogen) atoms. The molecule has 146 valence electrons. The van der Waals surface area contributed by atoms with Gasteiger partial charge in [0.1, 0.15) is 0 Å². The largest absolute Gasteiger partial charge is 0.326 e. The van der Waals surface area contributed by atoms with Crippen LogP contribution in [0.2, 0.25) is 0 Å². The van der Waals surface area contributed by atoms with Crippen molar-refractivity contribution in [1.82, 2.24) is 0 Å². The summed E-state index contributed by atoms with van der Waals surface area (Å²) >= 11 is 0. The van der Waals surface area contributed by atoms with Crippen LogP contribution in [0.3, 0.4) is 0 Å². The second-order valence-electron chi connectivity index (χ2n) is 8.92. The number of anilines is 1. The summed E-state index contributed by atoms with van der Waals surface area (Å²) in [6.07, 6.45) is 0. The molecule has 2 bridgehead atoms. The maximum absolute atomic E-state index is 13.7. The normalized spacial score (nSPS) is 24.1. The lowest BCUT2D eigenvalue weighted by Crippen LogP contribution is -2.47. The van der Waals surface area contributed by atoms with Crippen LogP contribution in [-0.2, 0) is 4.79 Å². The second-order valence-corrected chi connectivity index (χ2v) is 8.92. The molecule has 0 unspecified atom stereocenters. The van der Waals surface area contributed by atoms with Gasteiger partial charge in [-0.15, -0.1) is 0 Å². The summed E-state index contributed by atoms with van der Waals surface area (Å²) < 4.78 is 0. The molecule has 0 heterocycles. The molecule has 0 radical (unpaired) electrons. The molecule has 1 amide bonds. The predicted molar refractivity (Wildman–Crippen MR) is 118 cm³/mol. The maximum atomic E-state index is 13.7.